The second-order valence-corrected chi connectivity index (χ2v) is 3.78. The second kappa shape index (κ2) is 7.95. The van der Waals surface area contributed by atoms with E-state index in [1.165, 1.54) is 35.4 Å². The summed E-state index contributed by atoms with van der Waals surface area (Å²) in [7, 11) is 0. The molecule has 72 valence electrons. The number of unbranched alkanes of at least 4 members (excludes halogenated alkanes) is 4. The predicted molar refractivity (Wildman–Crippen MR) is 56.6 cm³/mol. The first-order valence-electron chi connectivity index (χ1n) is 4.38. The summed E-state index contributed by atoms with van der Waals surface area (Å²) in [5, 5.41) is 0. The minimum absolute atomic E-state index is 0.262. The third kappa shape index (κ3) is 7.00. The van der Waals surface area contributed by atoms with Gasteiger partial charge in [-0.05, 0) is 29.0 Å². The second-order valence-electron chi connectivity index (χ2n) is 2.83. The van der Waals surface area contributed by atoms with E-state index < -0.39 is 9.66 Å². The molecule has 0 bridgehead atoms. The van der Waals surface area contributed by atoms with Crippen molar-refractivity contribution in [2.45, 2.75) is 45.4 Å². The highest BCUT2D eigenvalue weighted by Gasteiger charge is 2.01. The molecule has 0 saturated carbocycles. The van der Waals surface area contributed by atoms with Gasteiger partial charge in [0.1, 0.15) is 5.83 Å². The number of hydrogen-bond donors (Lipinski definition) is 0. The van der Waals surface area contributed by atoms with E-state index in [0.717, 1.165) is 19.3 Å². The van der Waals surface area contributed by atoms with Gasteiger partial charge in [0.05, 0.1) is 0 Å². The maximum absolute atomic E-state index is 12.5. The molecule has 0 saturated heterocycles. The Morgan fingerprint density at radius 2 is 1.67 bits per heavy atom. The van der Waals surface area contributed by atoms with Crippen LogP contribution in [0, 0.1) is 0 Å². The Bertz CT molecular complexity index is 139. The summed E-state index contributed by atoms with van der Waals surface area (Å²) < 4.78 is 24.0. The molecule has 0 fully saturated rings. The Morgan fingerprint density at radius 3 is 2.17 bits per heavy atom. The maximum atomic E-state index is 12.5. The fourth-order valence-electron chi connectivity index (χ4n) is 0.978. The van der Waals surface area contributed by atoms with Crippen molar-refractivity contribution in [1.29, 1.82) is 0 Å². The molecular formula is C9H15F2I. The van der Waals surface area contributed by atoms with Gasteiger partial charge in [0.15, 0.2) is 3.83 Å². The summed E-state index contributed by atoms with van der Waals surface area (Å²) in [6, 6.07) is 0. The average Bonchev–Trinajstić information content (AvgIpc) is 2.03. The fraction of sp³-hybridized carbons (Fsp3) is 0.778. The van der Waals surface area contributed by atoms with E-state index >= 15 is 0 Å². The molecule has 0 aliphatic heterocycles. The van der Waals surface area contributed by atoms with Crippen LogP contribution in [-0.2, 0) is 0 Å². The summed E-state index contributed by atoms with van der Waals surface area (Å²) in [6.45, 7) is 2.13. The van der Waals surface area contributed by atoms with Crippen molar-refractivity contribution in [1.82, 2.24) is 0 Å². The van der Waals surface area contributed by atoms with Gasteiger partial charge in [-0.2, -0.15) is 4.39 Å². The molecule has 0 aliphatic carbocycles. The first-order chi connectivity index (χ1) is 5.68. The van der Waals surface area contributed by atoms with Gasteiger partial charge >= 0.3 is 0 Å². The minimum Gasteiger partial charge on any atom is -0.208 e. The van der Waals surface area contributed by atoms with E-state index in [-0.39, 0.29) is 6.42 Å². The van der Waals surface area contributed by atoms with E-state index in [2.05, 4.69) is 6.92 Å². The lowest BCUT2D eigenvalue weighted by molar-refractivity contribution is 0.516. The number of rotatable bonds is 6. The van der Waals surface area contributed by atoms with E-state index in [0.29, 0.717) is 0 Å². The first kappa shape index (κ1) is 12.3. The van der Waals surface area contributed by atoms with E-state index in [9.17, 15) is 8.78 Å². The number of hydrogen-bond acceptors (Lipinski definition) is 0. The lowest BCUT2D eigenvalue weighted by Crippen LogP contribution is -1.80. The summed E-state index contributed by atoms with van der Waals surface area (Å²) in [6.07, 6.45) is 5.54. The van der Waals surface area contributed by atoms with Crippen molar-refractivity contribution in [3.8, 4) is 0 Å². The normalized spacial score (nSPS) is 13.0. The number of halogens is 3. The molecule has 12 heavy (non-hydrogen) atoms. The SMILES string of the molecule is CCCCCCC/C(F)=C(/F)I. The first-order valence-corrected chi connectivity index (χ1v) is 5.46. The fourth-order valence-corrected chi connectivity index (χ4v) is 1.25. The van der Waals surface area contributed by atoms with Crippen LogP contribution in [0.1, 0.15) is 45.4 Å². The molecule has 0 nitrogen and oxygen atoms in total. The third-order valence-corrected chi connectivity index (χ3v) is 2.29. The lowest BCUT2D eigenvalue weighted by Gasteiger charge is -1.97. The average molecular weight is 288 g/mol. The molecule has 0 spiro atoms. The van der Waals surface area contributed by atoms with Crippen LogP contribution in [0.3, 0.4) is 0 Å². The van der Waals surface area contributed by atoms with Crippen molar-refractivity contribution in [3.63, 3.8) is 0 Å². The van der Waals surface area contributed by atoms with Crippen LogP contribution in [0.4, 0.5) is 8.78 Å². The van der Waals surface area contributed by atoms with Crippen LogP contribution >= 0.6 is 22.6 Å². The molecule has 0 heterocycles. The van der Waals surface area contributed by atoms with Crippen LogP contribution in [0.15, 0.2) is 9.66 Å². The third-order valence-electron chi connectivity index (χ3n) is 1.70. The Hall–Kier alpha value is 0.330. The van der Waals surface area contributed by atoms with E-state index in [4.69, 9.17) is 0 Å². The largest absolute Gasteiger partial charge is 0.208 e. The molecule has 0 amide bonds. The Morgan fingerprint density at radius 1 is 1.08 bits per heavy atom. The highest BCUT2D eigenvalue weighted by atomic mass is 127. The van der Waals surface area contributed by atoms with Gasteiger partial charge in [0.2, 0.25) is 0 Å². The van der Waals surface area contributed by atoms with Gasteiger partial charge < -0.3 is 0 Å². The van der Waals surface area contributed by atoms with Crippen molar-refractivity contribution >= 4 is 22.6 Å². The maximum Gasteiger partial charge on any atom is 0.191 e. The smallest absolute Gasteiger partial charge is 0.191 e. The summed E-state index contributed by atoms with van der Waals surface area (Å²) in [4.78, 5) is 0. The van der Waals surface area contributed by atoms with Gasteiger partial charge in [-0.3, -0.25) is 0 Å². The topological polar surface area (TPSA) is 0 Å². The van der Waals surface area contributed by atoms with Gasteiger partial charge in [-0.1, -0.05) is 32.6 Å². The van der Waals surface area contributed by atoms with Crippen LogP contribution in [0.25, 0.3) is 0 Å². The molecule has 3 heteroatoms. The molecule has 0 atom stereocenters. The zero-order chi connectivity index (χ0) is 9.40. The van der Waals surface area contributed by atoms with E-state index in [1.54, 1.807) is 0 Å². The minimum atomic E-state index is -0.692. The Balaban J connectivity index is 3.26. The van der Waals surface area contributed by atoms with Gasteiger partial charge in [-0.15, -0.1) is 0 Å². The van der Waals surface area contributed by atoms with Gasteiger partial charge in [-0.25, -0.2) is 4.39 Å². The van der Waals surface area contributed by atoms with Crippen molar-refractivity contribution in [3.05, 3.63) is 9.66 Å². The number of allylic oxidation sites excluding steroid dienone is 1. The highest BCUT2D eigenvalue weighted by Crippen LogP contribution is 2.20. The van der Waals surface area contributed by atoms with Gasteiger partial charge in [0, 0.05) is 6.42 Å². The van der Waals surface area contributed by atoms with Crippen molar-refractivity contribution in [2.75, 3.05) is 0 Å². The molecule has 0 rings (SSSR count). The Kier molecular flexibility index (Phi) is 8.17. The molecule has 0 aromatic carbocycles. The molecule has 0 N–H and O–H groups in total. The zero-order valence-corrected chi connectivity index (χ0v) is 9.53. The van der Waals surface area contributed by atoms with Gasteiger partial charge in [0.25, 0.3) is 0 Å². The predicted octanol–water partition coefficient (Wildman–Crippen LogP) is 4.89. The van der Waals surface area contributed by atoms with Crippen LogP contribution in [0.5, 0.6) is 0 Å². The molecular weight excluding hydrogens is 273 g/mol. The Labute approximate surface area is 86.6 Å². The molecule has 0 radical (unpaired) electrons. The lowest BCUT2D eigenvalue weighted by atomic mass is 10.1. The van der Waals surface area contributed by atoms with E-state index in [1.807, 2.05) is 0 Å². The molecule has 0 aliphatic rings. The molecule has 0 aromatic rings. The van der Waals surface area contributed by atoms with Crippen LogP contribution < -0.4 is 0 Å². The summed E-state index contributed by atoms with van der Waals surface area (Å²) >= 11 is 1.37. The zero-order valence-electron chi connectivity index (χ0n) is 7.38. The standard InChI is InChI=1S/C9H15F2I/c1-2-3-4-5-6-7-8(10)9(11)12/h2-7H2,1H3/b9-8+. The molecule has 0 aromatic heterocycles. The van der Waals surface area contributed by atoms with Crippen LogP contribution in [0.2, 0.25) is 0 Å². The summed E-state index contributed by atoms with van der Waals surface area (Å²) in [5.41, 5.74) is 0. The highest BCUT2D eigenvalue weighted by molar-refractivity contribution is 14.1. The van der Waals surface area contributed by atoms with Crippen molar-refractivity contribution < 1.29 is 8.78 Å². The molecule has 0 unspecified atom stereocenters. The monoisotopic (exact) mass is 288 g/mol. The van der Waals surface area contributed by atoms with Crippen molar-refractivity contribution in [2.24, 2.45) is 0 Å². The quantitative estimate of drug-likeness (QED) is 0.482. The van der Waals surface area contributed by atoms with Crippen LogP contribution in [-0.4, -0.2) is 0 Å². The summed E-state index contributed by atoms with van der Waals surface area (Å²) in [5.74, 6) is -0.591.